The molecule has 0 spiro atoms. The average Bonchev–Trinajstić information content (AvgIpc) is 3.02. The standard InChI is InChI=1S/C20H29N3O3/c1-16-3-5-18(6-4-16)14-25-15-19(24)11-22-7-8-26-20(12-22)13-23-10-17(2)9-21-23/h3-6,9-10,19-20,24H,7-8,11-15H2,1-2H3. The number of hydrogen-bond acceptors (Lipinski definition) is 5. The molecule has 1 aliphatic rings. The summed E-state index contributed by atoms with van der Waals surface area (Å²) in [4.78, 5) is 2.24. The highest BCUT2D eigenvalue weighted by atomic mass is 16.5. The van der Waals surface area contributed by atoms with Crippen LogP contribution in [0.5, 0.6) is 0 Å². The van der Waals surface area contributed by atoms with E-state index < -0.39 is 6.10 Å². The lowest BCUT2D eigenvalue weighted by Crippen LogP contribution is -2.47. The number of aliphatic hydroxyl groups excluding tert-OH is 1. The maximum atomic E-state index is 10.3. The summed E-state index contributed by atoms with van der Waals surface area (Å²) >= 11 is 0. The van der Waals surface area contributed by atoms with Gasteiger partial charge in [0.1, 0.15) is 0 Å². The van der Waals surface area contributed by atoms with E-state index in [1.54, 1.807) is 0 Å². The number of aromatic nitrogens is 2. The fourth-order valence-electron chi connectivity index (χ4n) is 3.18. The molecule has 26 heavy (non-hydrogen) atoms. The Balaban J connectivity index is 1.37. The second kappa shape index (κ2) is 9.28. The summed E-state index contributed by atoms with van der Waals surface area (Å²) < 4.78 is 13.4. The van der Waals surface area contributed by atoms with Gasteiger partial charge in [-0.15, -0.1) is 0 Å². The minimum Gasteiger partial charge on any atom is -0.389 e. The normalized spacial score (nSPS) is 19.6. The summed E-state index contributed by atoms with van der Waals surface area (Å²) in [7, 11) is 0. The molecule has 1 aromatic carbocycles. The van der Waals surface area contributed by atoms with Gasteiger partial charge in [-0.2, -0.15) is 5.10 Å². The van der Waals surface area contributed by atoms with Gasteiger partial charge in [-0.05, 0) is 25.0 Å². The molecule has 6 heteroatoms. The van der Waals surface area contributed by atoms with Crippen LogP contribution in [0.1, 0.15) is 16.7 Å². The van der Waals surface area contributed by atoms with Crippen molar-refractivity contribution in [2.75, 3.05) is 32.8 Å². The molecule has 0 saturated carbocycles. The van der Waals surface area contributed by atoms with E-state index in [-0.39, 0.29) is 6.10 Å². The molecule has 2 aromatic rings. The Morgan fingerprint density at radius 3 is 2.81 bits per heavy atom. The predicted octanol–water partition coefficient (Wildman–Crippen LogP) is 1.78. The van der Waals surface area contributed by atoms with Crippen LogP contribution >= 0.6 is 0 Å². The van der Waals surface area contributed by atoms with E-state index in [1.165, 1.54) is 5.56 Å². The monoisotopic (exact) mass is 359 g/mol. The molecule has 3 rings (SSSR count). The summed E-state index contributed by atoms with van der Waals surface area (Å²) in [6.45, 7) is 8.63. The zero-order valence-electron chi connectivity index (χ0n) is 15.7. The van der Waals surface area contributed by atoms with Crippen molar-refractivity contribution in [2.45, 2.75) is 39.2 Å². The first-order valence-electron chi connectivity index (χ1n) is 9.23. The largest absolute Gasteiger partial charge is 0.389 e. The first-order chi connectivity index (χ1) is 12.6. The fourth-order valence-corrected chi connectivity index (χ4v) is 3.18. The van der Waals surface area contributed by atoms with Gasteiger partial charge in [0.05, 0.1) is 44.8 Å². The van der Waals surface area contributed by atoms with Crippen LogP contribution in [0, 0.1) is 13.8 Å². The van der Waals surface area contributed by atoms with E-state index in [9.17, 15) is 5.11 Å². The van der Waals surface area contributed by atoms with E-state index in [4.69, 9.17) is 9.47 Å². The Bertz CT molecular complexity index is 671. The van der Waals surface area contributed by atoms with Gasteiger partial charge in [-0.25, -0.2) is 0 Å². The SMILES string of the molecule is Cc1ccc(COCC(O)CN2CCOC(Cn3cc(C)cn3)C2)cc1. The number of morpholine rings is 1. The van der Waals surface area contributed by atoms with E-state index in [0.29, 0.717) is 26.4 Å². The summed E-state index contributed by atoms with van der Waals surface area (Å²) in [6.07, 6.45) is 3.49. The molecule has 142 valence electrons. The van der Waals surface area contributed by atoms with Crippen LogP contribution in [0.3, 0.4) is 0 Å². The van der Waals surface area contributed by atoms with E-state index in [2.05, 4.69) is 41.2 Å². The number of benzene rings is 1. The lowest BCUT2D eigenvalue weighted by Gasteiger charge is -2.34. The molecule has 2 heterocycles. The van der Waals surface area contributed by atoms with Crippen LogP contribution in [0.2, 0.25) is 0 Å². The molecule has 1 fully saturated rings. The first kappa shape index (κ1) is 19.0. The first-order valence-corrected chi connectivity index (χ1v) is 9.23. The maximum Gasteiger partial charge on any atom is 0.0900 e. The van der Waals surface area contributed by atoms with E-state index in [1.807, 2.05) is 24.0 Å². The van der Waals surface area contributed by atoms with Crippen molar-refractivity contribution in [3.63, 3.8) is 0 Å². The third kappa shape index (κ3) is 5.92. The minimum absolute atomic E-state index is 0.101. The van der Waals surface area contributed by atoms with Gasteiger partial charge >= 0.3 is 0 Å². The van der Waals surface area contributed by atoms with Crippen LogP contribution in [0.4, 0.5) is 0 Å². The molecule has 1 saturated heterocycles. The Labute approximate surface area is 155 Å². The summed E-state index contributed by atoms with van der Waals surface area (Å²) in [5.41, 5.74) is 3.52. The number of aliphatic hydroxyl groups is 1. The maximum absolute atomic E-state index is 10.3. The van der Waals surface area contributed by atoms with Crippen LogP contribution in [-0.4, -0.2) is 64.8 Å². The summed E-state index contributed by atoms with van der Waals surface area (Å²) in [5, 5.41) is 14.6. The van der Waals surface area contributed by atoms with Gasteiger partial charge < -0.3 is 14.6 Å². The number of aryl methyl sites for hydroxylation is 2. The van der Waals surface area contributed by atoms with Crippen LogP contribution < -0.4 is 0 Å². The van der Waals surface area contributed by atoms with Gasteiger partial charge in [-0.1, -0.05) is 29.8 Å². The Kier molecular flexibility index (Phi) is 6.80. The van der Waals surface area contributed by atoms with Crippen LogP contribution in [0.15, 0.2) is 36.7 Å². The number of ether oxygens (including phenoxy) is 2. The third-order valence-corrected chi connectivity index (χ3v) is 4.54. The highest BCUT2D eigenvalue weighted by molar-refractivity contribution is 5.20. The van der Waals surface area contributed by atoms with Crippen molar-refractivity contribution in [3.8, 4) is 0 Å². The number of nitrogens with zero attached hydrogens (tertiary/aromatic N) is 3. The van der Waals surface area contributed by atoms with E-state index >= 15 is 0 Å². The molecule has 1 N–H and O–H groups in total. The molecule has 1 aromatic heterocycles. The molecular formula is C20H29N3O3. The average molecular weight is 359 g/mol. The highest BCUT2D eigenvalue weighted by Gasteiger charge is 2.23. The molecule has 2 unspecified atom stereocenters. The van der Waals surface area contributed by atoms with Crippen LogP contribution in [-0.2, 0) is 22.6 Å². The van der Waals surface area contributed by atoms with Gasteiger partial charge in [0, 0.05) is 25.8 Å². The van der Waals surface area contributed by atoms with Gasteiger partial charge in [0.25, 0.3) is 0 Å². The number of β-amino-alcohol motifs (C(OH)–C–C–N with tert-alkyl or cyclic N) is 1. The summed E-state index contributed by atoms with van der Waals surface area (Å²) in [6, 6.07) is 8.27. The smallest absolute Gasteiger partial charge is 0.0900 e. The minimum atomic E-state index is -0.494. The molecule has 0 aliphatic carbocycles. The molecular weight excluding hydrogens is 330 g/mol. The lowest BCUT2D eigenvalue weighted by molar-refractivity contribution is -0.0583. The zero-order valence-corrected chi connectivity index (χ0v) is 15.7. The van der Waals surface area contributed by atoms with Crippen molar-refractivity contribution >= 4 is 0 Å². The summed E-state index contributed by atoms with van der Waals surface area (Å²) in [5.74, 6) is 0. The number of rotatable bonds is 8. The molecule has 6 nitrogen and oxygen atoms in total. The third-order valence-electron chi connectivity index (χ3n) is 4.54. The molecule has 0 radical (unpaired) electrons. The lowest BCUT2D eigenvalue weighted by atomic mass is 10.2. The van der Waals surface area contributed by atoms with Gasteiger partial charge in [0.2, 0.25) is 0 Å². The van der Waals surface area contributed by atoms with Crippen molar-refractivity contribution in [1.29, 1.82) is 0 Å². The Hall–Kier alpha value is -1.73. The van der Waals surface area contributed by atoms with Crippen molar-refractivity contribution in [3.05, 3.63) is 53.3 Å². The molecule has 2 atom stereocenters. The van der Waals surface area contributed by atoms with Gasteiger partial charge in [-0.3, -0.25) is 9.58 Å². The highest BCUT2D eigenvalue weighted by Crippen LogP contribution is 2.10. The topological polar surface area (TPSA) is 59.8 Å². The fraction of sp³-hybridized carbons (Fsp3) is 0.550. The van der Waals surface area contributed by atoms with E-state index in [0.717, 1.165) is 30.8 Å². The Morgan fingerprint density at radius 1 is 1.27 bits per heavy atom. The van der Waals surface area contributed by atoms with Gasteiger partial charge in [0.15, 0.2) is 0 Å². The molecule has 0 bridgehead atoms. The number of hydrogen-bond donors (Lipinski definition) is 1. The van der Waals surface area contributed by atoms with Crippen molar-refractivity contribution < 1.29 is 14.6 Å². The molecule has 0 amide bonds. The van der Waals surface area contributed by atoms with Crippen molar-refractivity contribution in [1.82, 2.24) is 14.7 Å². The predicted molar refractivity (Wildman–Crippen MR) is 100.0 cm³/mol. The van der Waals surface area contributed by atoms with Crippen LogP contribution in [0.25, 0.3) is 0 Å². The second-order valence-electron chi connectivity index (χ2n) is 7.15. The second-order valence-corrected chi connectivity index (χ2v) is 7.15. The Morgan fingerprint density at radius 2 is 2.08 bits per heavy atom. The quantitative estimate of drug-likeness (QED) is 0.779. The zero-order chi connectivity index (χ0) is 18.4. The molecule has 1 aliphatic heterocycles. The van der Waals surface area contributed by atoms with Crippen molar-refractivity contribution in [2.24, 2.45) is 0 Å².